The molecule has 7 nitrogen and oxygen atoms in total. The largest absolute Gasteiger partial charge is 0.463 e. The molecule has 0 unspecified atom stereocenters. The minimum absolute atomic E-state index is 0.0984. The summed E-state index contributed by atoms with van der Waals surface area (Å²) in [6, 6.07) is 4.74. The first-order chi connectivity index (χ1) is 11.8. The minimum atomic E-state index is -0.363. The Labute approximate surface area is 150 Å². The quantitative estimate of drug-likeness (QED) is 0.606. The molecule has 0 atom stereocenters. The minimum Gasteiger partial charge on any atom is -0.463 e. The van der Waals surface area contributed by atoms with E-state index >= 15 is 0 Å². The van der Waals surface area contributed by atoms with Crippen molar-refractivity contribution in [1.29, 1.82) is 0 Å². The van der Waals surface area contributed by atoms with Crippen molar-refractivity contribution < 1.29 is 14.3 Å². The number of hydrogen-bond acceptors (Lipinski definition) is 5. The van der Waals surface area contributed by atoms with Gasteiger partial charge in [0, 0.05) is 18.7 Å². The van der Waals surface area contributed by atoms with Crippen LogP contribution in [0.3, 0.4) is 0 Å². The second-order valence-electron chi connectivity index (χ2n) is 5.78. The highest BCUT2D eigenvalue weighted by Crippen LogP contribution is 2.11. The molecule has 1 aromatic heterocycles. The molecule has 2 aromatic rings. The Morgan fingerprint density at radius 2 is 2.08 bits per heavy atom. The first-order valence-corrected chi connectivity index (χ1v) is 8.48. The van der Waals surface area contributed by atoms with Crippen LogP contribution in [0, 0.1) is 4.77 Å². The van der Waals surface area contributed by atoms with Crippen LogP contribution in [-0.2, 0) is 16.1 Å². The number of aromatic amines is 1. The first-order valence-electron chi connectivity index (χ1n) is 8.08. The fourth-order valence-electron chi connectivity index (χ4n) is 2.38. The van der Waals surface area contributed by atoms with Gasteiger partial charge in [-0.2, -0.15) is 0 Å². The van der Waals surface area contributed by atoms with Gasteiger partial charge in [0.25, 0.3) is 11.5 Å². The number of esters is 1. The van der Waals surface area contributed by atoms with Crippen molar-refractivity contribution in [3.8, 4) is 0 Å². The number of hydrogen-bond donors (Lipinski definition) is 2. The van der Waals surface area contributed by atoms with Crippen LogP contribution >= 0.6 is 12.2 Å². The van der Waals surface area contributed by atoms with E-state index in [-0.39, 0.29) is 36.5 Å². The molecule has 1 amide bonds. The van der Waals surface area contributed by atoms with Gasteiger partial charge in [-0.25, -0.2) is 0 Å². The number of H-pyrrole nitrogens is 1. The molecule has 1 aromatic carbocycles. The highest BCUT2D eigenvalue weighted by molar-refractivity contribution is 7.71. The van der Waals surface area contributed by atoms with Crippen LogP contribution in [0.1, 0.15) is 37.6 Å². The summed E-state index contributed by atoms with van der Waals surface area (Å²) in [4.78, 5) is 38.9. The van der Waals surface area contributed by atoms with Gasteiger partial charge in [0.15, 0.2) is 4.77 Å². The van der Waals surface area contributed by atoms with Gasteiger partial charge in [0.1, 0.15) is 0 Å². The number of benzene rings is 1. The van der Waals surface area contributed by atoms with Gasteiger partial charge in [-0.05, 0) is 51.2 Å². The maximum absolute atomic E-state index is 12.3. The van der Waals surface area contributed by atoms with E-state index in [4.69, 9.17) is 17.0 Å². The third kappa shape index (κ3) is 4.54. The molecule has 2 rings (SSSR count). The molecule has 2 N–H and O–H groups in total. The molecule has 0 saturated carbocycles. The van der Waals surface area contributed by atoms with E-state index in [0.29, 0.717) is 27.8 Å². The number of amides is 1. The Bertz CT molecular complexity index is 914. The van der Waals surface area contributed by atoms with E-state index in [0.717, 1.165) is 0 Å². The zero-order valence-corrected chi connectivity index (χ0v) is 15.2. The summed E-state index contributed by atoms with van der Waals surface area (Å²) >= 11 is 5.16. The van der Waals surface area contributed by atoms with Crippen molar-refractivity contribution in [2.45, 2.75) is 39.8 Å². The van der Waals surface area contributed by atoms with Crippen molar-refractivity contribution >= 4 is 35.0 Å². The van der Waals surface area contributed by atoms with E-state index in [2.05, 4.69) is 10.3 Å². The second kappa shape index (κ2) is 8.06. The molecule has 1 heterocycles. The number of carbonyl (C=O) groups is 2. The Hall–Kier alpha value is -2.48. The third-order valence-corrected chi connectivity index (χ3v) is 3.86. The van der Waals surface area contributed by atoms with E-state index in [1.54, 1.807) is 32.0 Å². The molecule has 0 fully saturated rings. The molecule has 25 heavy (non-hydrogen) atoms. The monoisotopic (exact) mass is 363 g/mol. The lowest BCUT2D eigenvalue weighted by Crippen LogP contribution is -2.27. The molecule has 0 radical (unpaired) electrons. The summed E-state index contributed by atoms with van der Waals surface area (Å²) in [5.74, 6) is -0.698. The summed E-state index contributed by atoms with van der Waals surface area (Å²) in [6.45, 7) is 6.02. The number of aromatic nitrogens is 2. The van der Waals surface area contributed by atoms with E-state index < -0.39 is 0 Å². The Morgan fingerprint density at radius 1 is 1.36 bits per heavy atom. The smallest absolute Gasteiger partial charge is 0.307 e. The molecular formula is C17H21N3O4S. The van der Waals surface area contributed by atoms with Crippen molar-refractivity contribution in [3.05, 3.63) is 38.9 Å². The van der Waals surface area contributed by atoms with Crippen molar-refractivity contribution in [3.63, 3.8) is 0 Å². The number of nitrogens with one attached hydrogen (secondary N) is 2. The highest BCUT2D eigenvalue weighted by atomic mass is 32.1. The maximum Gasteiger partial charge on any atom is 0.307 e. The van der Waals surface area contributed by atoms with Gasteiger partial charge in [-0.1, -0.05) is 0 Å². The molecule has 134 valence electrons. The third-order valence-electron chi connectivity index (χ3n) is 3.54. The summed E-state index contributed by atoms with van der Waals surface area (Å²) < 4.78 is 6.77. The summed E-state index contributed by atoms with van der Waals surface area (Å²) in [5, 5.41) is 3.12. The first kappa shape index (κ1) is 18.9. The Kier molecular flexibility index (Phi) is 6.08. The average Bonchev–Trinajstić information content (AvgIpc) is 2.53. The fraction of sp³-hybridized carbons (Fsp3) is 0.412. The molecule has 0 bridgehead atoms. The Morgan fingerprint density at radius 3 is 2.72 bits per heavy atom. The Balaban J connectivity index is 2.13. The standard InChI is InChI=1S/C17H21N3O4S/c1-4-20-16(23)12-6-5-11(9-13(12)19-17(20)25)15(22)18-8-7-14(21)24-10(2)3/h5-6,9-10H,4,7-8H2,1-3H3,(H,18,22)(H,19,25). The lowest BCUT2D eigenvalue weighted by Gasteiger charge is -2.09. The van der Waals surface area contributed by atoms with E-state index in [1.807, 2.05) is 6.92 Å². The number of nitrogens with zero attached hydrogens (tertiary/aromatic N) is 1. The molecule has 0 spiro atoms. The second-order valence-corrected chi connectivity index (χ2v) is 6.17. The molecular weight excluding hydrogens is 342 g/mol. The van der Waals surface area contributed by atoms with Gasteiger partial charge in [0.05, 0.1) is 23.4 Å². The van der Waals surface area contributed by atoms with E-state index in [9.17, 15) is 14.4 Å². The molecule has 8 heteroatoms. The van der Waals surface area contributed by atoms with Crippen LogP contribution in [0.4, 0.5) is 0 Å². The van der Waals surface area contributed by atoms with Gasteiger partial charge >= 0.3 is 5.97 Å². The van der Waals surface area contributed by atoms with Crippen molar-refractivity contribution in [2.75, 3.05) is 6.54 Å². The highest BCUT2D eigenvalue weighted by Gasteiger charge is 2.11. The molecule has 0 aliphatic rings. The number of carbonyl (C=O) groups excluding carboxylic acids is 2. The zero-order valence-electron chi connectivity index (χ0n) is 14.4. The van der Waals surface area contributed by atoms with Gasteiger partial charge in [-0.15, -0.1) is 0 Å². The van der Waals surface area contributed by atoms with Crippen LogP contribution in [0.5, 0.6) is 0 Å². The predicted molar refractivity (Wildman–Crippen MR) is 97.2 cm³/mol. The summed E-state index contributed by atoms with van der Waals surface area (Å²) in [5.41, 5.74) is 0.695. The van der Waals surface area contributed by atoms with Crippen molar-refractivity contribution in [2.24, 2.45) is 0 Å². The number of ether oxygens (including phenoxy) is 1. The van der Waals surface area contributed by atoms with Crippen LogP contribution in [0.15, 0.2) is 23.0 Å². The maximum atomic E-state index is 12.3. The van der Waals surface area contributed by atoms with Gasteiger partial charge in [-0.3, -0.25) is 19.0 Å². The van der Waals surface area contributed by atoms with Crippen LogP contribution in [0.2, 0.25) is 0 Å². The molecule has 0 aliphatic carbocycles. The van der Waals surface area contributed by atoms with Crippen LogP contribution in [-0.4, -0.2) is 34.1 Å². The van der Waals surface area contributed by atoms with E-state index in [1.165, 1.54) is 4.57 Å². The average molecular weight is 363 g/mol. The zero-order chi connectivity index (χ0) is 18.6. The van der Waals surface area contributed by atoms with Gasteiger partial charge < -0.3 is 15.0 Å². The number of rotatable bonds is 6. The van der Waals surface area contributed by atoms with Crippen LogP contribution in [0.25, 0.3) is 10.9 Å². The van der Waals surface area contributed by atoms with Crippen LogP contribution < -0.4 is 10.9 Å². The van der Waals surface area contributed by atoms with Gasteiger partial charge in [0.2, 0.25) is 0 Å². The van der Waals surface area contributed by atoms with Crippen molar-refractivity contribution in [1.82, 2.24) is 14.9 Å². The lowest BCUT2D eigenvalue weighted by molar-refractivity contribution is -0.147. The summed E-state index contributed by atoms with van der Waals surface area (Å²) in [7, 11) is 0. The number of fused-ring (bicyclic) bond motifs is 1. The molecule has 0 aliphatic heterocycles. The fourth-order valence-corrected chi connectivity index (χ4v) is 2.71. The normalized spacial score (nSPS) is 10.9. The lowest BCUT2D eigenvalue weighted by atomic mass is 10.1. The summed E-state index contributed by atoms with van der Waals surface area (Å²) in [6.07, 6.45) is -0.0831. The molecule has 0 saturated heterocycles. The SMILES string of the molecule is CCn1c(=S)[nH]c2cc(C(=O)NCCC(=O)OC(C)C)ccc2c1=O. The topological polar surface area (TPSA) is 93.2 Å². The predicted octanol–water partition coefficient (Wildman–Crippen LogP) is 2.15.